The number of rotatable bonds is 5. The van der Waals surface area contributed by atoms with Crippen LogP contribution in [0.25, 0.3) is 10.9 Å². The number of methoxy groups -OCH3 is 1. The second kappa shape index (κ2) is 8.24. The molecule has 1 N–H and O–H groups in total. The molecule has 1 amide bonds. The van der Waals surface area contributed by atoms with Crippen molar-refractivity contribution in [1.82, 2.24) is 4.98 Å². The number of hydrogen-bond acceptors (Lipinski definition) is 4. The fourth-order valence-corrected chi connectivity index (χ4v) is 3.95. The van der Waals surface area contributed by atoms with E-state index < -0.39 is 0 Å². The summed E-state index contributed by atoms with van der Waals surface area (Å²) in [4.78, 5) is 16.6. The van der Waals surface area contributed by atoms with Gasteiger partial charge in [-0.3, -0.25) is 9.78 Å². The number of anilines is 1. The van der Waals surface area contributed by atoms with Crippen LogP contribution >= 0.6 is 43.5 Å². The number of carbonyl (C=O) groups is 1. The van der Waals surface area contributed by atoms with E-state index in [0.29, 0.717) is 32.2 Å². The summed E-state index contributed by atoms with van der Waals surface area (Å²) < 4.78 is 12.5. The number of aromatic nitrogens is 1. The van der Waals surface area contributed by atoms with E-state index in [2.05, 4.69) is 42.2 Å². The molecule has 0 saturated carbocycles. The number of halogens is 3. The summed E-state index contributed by atoms with van der Waals surface area (Å²) in [6.45, 7) is -0.193. The first-order valence-corrected chi connectivity index (χ1v) is 9.45. The maximum Gasteiger partial charge on any atom is 0.262 e. The third kappa shape index (κ3) is 4.11. The zero-order valence-corrected chi connectivity index (χ0v) is 17.5. The summed E-state index contributed by atoms with van der Waals surface area (Å²) in [6.07, 6.45) is 1.67. The van der Waals surface area contributed by atoms with Crippen molar-refractivity contribution in [3.05, 3.63) is 56.6 Å². The second-order valence-corrected chi connectivity index (χ2v) is 7.40. The fourth-order valence-electron chi connectivity index (χ4n) is 2.39. The molecule has 0 unspecified atom stereocenters. The van der Waals surface area contributed by atoms with E-state index in [1.807, 2.05) is 18.2 Å². The Labute approximate surface area is 171 Å². The maximum absolute atomic E-state index is 12.3. The molecule has 0 fully saturated rings. The highest BCUT2D eigenvalue weighted by atomic mass is 79.9. The molecule has 0 atom stereocenters. The first kappa shape index (κ1) is 18.9. The number of hydrogen-bond donors (Lipinski definition) is 1. The van der Waals surface area contributed by atoms with Gasteiger partial charge in [0.05, 0.1) is 17.3 Å². The number of amides is 1. The van der Waals surface area contributed by atoms with Gasteiger partial charge in [0.25, 0.3) is 5.91 Å². The van der Waals surface area contributed by atoms with Gasteiger partial charge >= 0.3 is 0 Å². The highest BCUT2D eigenvalue weighted by Crippen LogP contribution is 2.37. The van der Waals surface area contributed by atoms with Crippen LogP contribution < -0.4 is 14.8 Å². The molecule has 3 rings (SSSR count). The number of nitrogens with zero attached hydrogens (tertiary/aromatic N) is 1. The lowest BCUT2D eigenvalue weighted by atomic mass is 10.2. The largest absolute Gasteiger partial charge is 0.495 e. The molecule has 3 aromatic rings. The Morgan fingerprint density at radius 2 is 2.04 bits per heavy atom. The predicted molar refractivity (Wildman–Crippen MR) is 109 cm³/mol. The van der Waals surface area contributed by atoms with Crippen LogP contribution in [0.2, 0.25) is 5.02 Å². The average molecular weight is 501 g/mol. The molecule has 0 bridgehead atoms. The number of pyridine rings is 1. The molecule has 2 aromatic carbocycles. The zero-order valence-electron chi connectivity index (χ0n) is 13.6. The van der Waals surface area contributed by atoms with Gasteiger partial charge in [-0.2, -0.15) is 0 Å². The molecule has 0 aliphatic heterocycles. The minimum Gasteiger partial charge on any atom is -0.495 e. The van der Waals surface area contributed by atoms with Crippen LogP contribution in [-0.2, 0) is 4.79 Å². The van der Waals surface area contributed by atoms with E-state index in [-0.39, 0.29) is 12.5 Å². The van der Waals surface area contributed by atoms with Gasteiger partial charge in [-0.25, -0.2) is 0 Å². The van der Waals surface area contributed by atoms with E-state index in [1.165, 1.54) is 7.11 Å². The third-order valence-corrected chi connectivity index (χ3v) is 5.01. The Bertz CT molecular complexity index is 982. The van der Waals surface area contributed by atoms with Gasteiger partial charge in [0.1, 0.15) is 11.3 Å². The lowest BCUT2D eigenvalue weighted by molar-refractivity contribution is -0.118. The van der Waals surface area contributed by atoms with Crippen molar-refractivity contribution in [2.75, 3.05) is 19.0 Å². The molecular weight excluding hydrogens is 487 g/mol. The van der Waals surface area contributed by atoms with Crippen LogP contribution in [0.1, 0.15) is 0 Å². The van der Waals surface area contributed by atoms with Crippen molar-refractivity contribution in [1.29, 1.82) is 0 Å². The third-order valence-electron chi connectivity index (χ3n) is 3.53. The van der Waals surface area contributed by atoms with E-state index in [4.69, 9.17) is 21.1 Å². The number of carbonyl (C=O) groups excluding carboxylic acids is 1. The minimum absolute atomic E-state index is 0.193. The Hall–Kier alpha value is -1.83. The van der Waals surface area contributed by atoms with Crippen molar-refractivity contribution in [2.24, 2.45) is 0 Å². The normalized spacial score (nSPS) is 10.6. The molecule has 26 heavy (non-hydrogen) atoms. The van der Waals surface area contributed by atoms with Crippen molar-refractivity contribution in [3.63, 3.8) is 0 Å². The predicted octanol–water partition coefficient (Wildman–Crippen LogP) is 5.44. The van der Waals surface area contributed by atoms with E-state index >= 15 is 0 Å². The second-order valence-electron chi connectivity index (χ2n) is 5.25. The van der Waals surface area contributed by atoms with Gasteiger partial charge in [0, 0.05) is 21.1 Å². The topological polar surface area (TPSA) is 60.5 Å². The Kier molecular flexibility index (Phi) is 6.01. The molecule has 0 aliphatic rings. The molecule has 0 radical (unpaired) electrons. The molecule has 1 aromatic heterocycles. The average Bonchev–Trinajstić information content (AvgIpc) is 2.62. The number of ether oxygens (including phenoxy) is 2. The molecule has 0 spiro atoms. The van der Waals surface area contributed by atoms with Gasteiger partial charge in [0.15, 0.2) is 12.4 Å². The molecule has 134 valence electrons. The SMILES string of the molecule is COc1ccc(Cl)cc1NC(=O)COc1c(Br)cc(Br)c2cccnc12. The first-order chi connectivity index (χ1) is 12.5. The summed E-state index contributed by atoms with van der Waals surface area (Å²) in [5, 5.41) is 4.12. The fraction of sp³-hybridized carbons (Fsp3) is 0.111. The summed E-state index contributed by atoms with van der Waals surface area (Å²) >= 11 is 12.9. The van der Waals surface area contributed by atoms with E-state index in [9.17, 15) is 4.79 Å². The Balaban J connectivity index is 1.79. The summed E-state index contributed by atoms with van der Waals surface area (Å²) in [7, 11) is 1.52. The monoisotopic (exact) mass is 498 g/mol. The van der Waals surface area contributed by atoms with Crippen molar-refractivity contribution < 1.29 is 14.3 Å². The molecule has 5 nitrogen and oxygen atoms in total. The van der Waals surface area contributed by atoms with Gasteiger partial charge in [-0.05, 0) is 46.3 Å². The van der Waals surface area contributed by atoms with Crippen LogP contribution in [0.15, 0.2) is 51.5 Å². The lowest BCUT2D eigenvalue weighted by Gasteiger charge is -2.13. The van der Waals surface area contributed by atoms with E-state index in [1.54, 1.807) is 24.4 Å². The Morgan fingerprint density at radius 1 is 1.23 bits per heavy atom. The van der Waals surface area contributed by atoms with Gasteiger partial charge < -0.3 is 14.8 Å². The molecular formula is C18H13Br2ClN2O3. The van der Waals surface area contributed by atoms with Crippen LogP contribution in [0.5, 0.6) is 11.5 Å². The highest BCUT2D eigenvalue weighted by molar-refractivity contribution is 9.11. The lowest BCUT2D eigenvalue weighted by Crippen LogP contribution is -2.20. The maximum atomic E-state index is 12.3. The highest BCUT2D eigenvalue weighted by Gasteiger charge is 2.14. The van der Waals surface area contributed by atoms with Crippen LogP contribution in [0.4, 0.5) is 5.69 Å². The van der Waals surface area contributed by atoms with E-state index in [0.717, 1.165) is 9.86 Å². The zero-order chi connectivity index (χ0) is 18.7. The summed E-state index contributed by atoms with van der Waals surface area (Å²) in [5.74, 6) is 0.668. The molecule has 8 heteroatoms. The molecule has 0 aliphatic carbocycles. The standard InChI is InChI=1S/C18H13Br2ClN2O3/c1-25-15-5-4-10(21)7-14(15)23-16(24)9-26-18-13(20)8-12(19)11-3-2-6-22-17(11)18/h2-8H,9H2,1H3,(H,23,24). The molecule has 0 saturated heterocycles. The van der Waals surface area contributed by atoms with Gasteiger partial charge in [-0.1, -0.05) is 33.6 Å². The van der Waals surface area contributed by atoms with Crippen molar-refractivity contribution in [3.8, 4) is 11.5 Å². The Morgan fingerprint density at radius 3 is 2.81 bits per heavy atom. The summed E-state index contributed by atoms with van der Waals surface area (Å²) in [6, 6.07) is 10.6. The first-order valence-electron chi connectivity index (χ1n) is 7.48. The van der Waals surface area contributed by atoms with Crippen molar-refractivity contribution in [2.45, 2.75) is 0 Å². The number of nitrogens with one attached hydrogen (secondary N) is 1. The van der Waals surface area contributed by atoms with Crippen LogP contribution in [0, 0.1) is 0 Å². The van der Waals surface area contributed by atoms with Crippen LogP contribution in [0.3, 0.4) is 0 Å². The van der Waals surface area contributed by atoms with Gasteiger partial charge in [-0.15, -0.1) is 0 Å². The number of fused-ring (bicyclic) bond motifs is 1. The van der Waals surface area contributed by atoms with Crippen molar-refractivity contribution >= 4 is 66.0 Å². The van der Waals surface area contributed by atoms with Gasteiger partial charge in [0.2, 0.25) is 0 Å². The van der Waals surface area contributed by atoms with Crippen LogP contribution in [-0.4, -0.2) is 24.6 Å². The minimum atomic E-state index is -0.343. The summed E-state index contributed by atoms with van der Waals surface area (Å²) in [5.41, 5.74) is 1.13. The molecule has 1 heterocycles. The quantitative estimate of drug-likeness (QED) is 0.507. The number of benzene rings is 2. The smallest absolute Gasteiger partial charge is 0.262 e.